The first kappa shape index (κ1) is 8.70. The summed E-state index contributed by atoms with van der Waals surface area (Å²) in [7, 11) is 0. The molecule has 0 spiro atoms. The molecule has 0 bridgehead atoms. The van der Waals surface area contributed by atoms with Crippen molar-refractivity contribution in [3.63, 3.8) is 0 Å². The Bertz CT molecular complexity index is 150. The zero-order valence-electron chi connectivity index (χ0n) is 4.84. The van der Waals surface area contributed by atoms with Gasteiger partial charge >= 0.3 is 0 Å². The predicted molar refractivity (Wildman–Crippen MR) is 32.4 cm³/mol. The summed E-state index contributed by atoms with van der Waals surface area (Å²) in [5.74, 6) is 0. The van der Waals surface area contributed by atoms with Crippen LogP contribution >= 0.6 is 0 Å². The molecule has 0 aliphatic rings. The van der Waals surface area contributed by atoms with Gasteiger partial charge in [0.15, 0.2) is 0 Å². The van der Waals surface area contributed by atoms with Crippen LogP contribution in [-0.4, -0.2) is 5.11 Å². The minimum absolute atomic E-state index is 0. The molecule has 1 aromatic rings. The first-order chi connectivity index (χ1) is 3.93. The molecule has 0 unspecified atom stereocenters. The molecule has 1 N–H and O–H groups in total. The van der Waals surface area contributed by atoms with Crippen LogP contribution in [0.1, 0.15) is 5.56 Å². The average molecular weight is 172 g/mol. The normalized spacial score (nSPS) is 8.11. The minimum Gasteiger partial charge on any atom is -0.392 e. The number of benzene rings is 1. The van der Waals surface area contributed by atoms with Crippen LogP contribution in [0.4, 0.5) is 0 Å². The van der Waals surface area contributed by atoms with Crippen molar-refractivity contribution >= 4 is 0 Å². The van der Waals surface area contributed by atoms with Gasteiger partial charge in [-0.3, -0.25) is 0 Å². The van der Waals surface area contributed by atoms with Gasteiger partial charge in [-0.1, -0.05) is 30.3 Å². The Morgan fingerprint density at radius 1 is 1.11 bits per heavy atom. The Balaban J connectivity index is 0.000000640. The summed E-state index contributed by atoms with van der Waals surface area (Å²) >= 11 is 0. The van der Waals surface area contributed by atoms with Crippen LogP contribution in [-0.2, 0) is 23.7 Å². The van der Waals surface area contributed by atoms with Gasteiger partial charge in [-0.15, -0.1) is 0 Å². The van der Waals surface area contributed by atoms with Crippen molar-refractivity contribution in [2.24, 2.45) is 0 Å². The Hall–Kier alpha value is -0.301. The van der Waals surface area contributed by atoms with E-state index >= 15 is 0 Å². The van der Waals surface area contributed by atoms with E-state index in [1.54, 1.807) is 0 Å². The fourth-order valence-electron chi connectivity index (χ4n) is 0.583. The standard InChI is InChI=1S/C7H8O.Cu/c8-6-7-4-2-1-3-5-7;/h1-5,8H,6H2;. The molecule has 0 saturated carbocycles. The third-order valence-corrected chi connectivity index (χ3v) is 1.03. The van der Waals surface area contributed by atoms with Crippen LogP contribution in [0.3, 0.4) is 0 Å². The molecule has 1 rings (SSSR count). The maximum atomic E-state index is 8.54. The molecule has 53 valence electrons. The van der Waals surface area contributed by atoms with Crippen molar-refractivity contribution in [2.75, 3.05) is 0 Å². The van der Waals surface area contributed by atoms with Gasteiger partial charge in [0.1, 0.15) is 0 Å². The second-order valence-electron chi connectivity index (χ2n) is 1.64. The Morgan fingerprint density at radius 3 is 2.00 bits per heavy atom. The van der Waals surface area contributed by atoms with Crippen molar-refractivity contribution < 1.29 is 22.2 Å². The van der Waals surface area contributed by atoms with Gasteiger partial charge in [-0.25, -0.2) is 0 Å². The maximum absolute atomic E-state index is 8.54. The number of hydrogen-bond donors (Lipinski definition) is 1. The van der Waals surface area contributed by atoms with E-state index in [0.717, 1.165) is 5.56 Å². The van der Waals surface area contributed by atoms with Gasteiger partial charge in [0, 0.05) is 17.1 Å². The summed E-state index contributed by atoms with van der Waals surface area (Å²) in [6.07, 6.45) is 0. The second kappa shape index (κ2) is 4.57. The van der Waals surface area contributed by atoms with Gasteiger partial charge in [0.05, 0.1) is 6.61 Å². The molecule has 0 saturated heterocycles. The largest absolute Gasteiger partial charge is 0.392 e. The maximum Gasteiger partial charge on any atom is 0.0681 e. The van der Waals surface area contributed by atoms with Crippen molar-refractivity contribution in [1.82, 2.24) is 0 Å². The van der Waals surface area contributed by atoms with Crippen LogP contribution in [0.5, 0.6) is 0 Å². The molecule has 0 amide bonds. The van der Waals surface area contributed by atoms with E-state index in [0.29, 0.717) is 0 Å². The molecule has 1 aromatic carbocycles. The third kappa shape index (κ3) is 2.66. The third-order valence-electron chi connectivity index (χ3n) is 1.03. The van der Waals surface area contributed by atoms with Crippen LogP contribution in [0.15, 0.2) is 30.3 Å². The van der Waals surface area contributed by atoms with Gasteiger partial charge in [0.2, 0.25) is 0 Å². The number of aliphatic hydroxyl groups excluding tert-OH is 1. The Kier molecular flexibility index (Phi) is 4.41. The zero-order chi connectivity index (χ0) is 5.82. The van der Waals surface area contributed by atoms with Gasteiger partial charge in [-0.2, -0.15) is 0 Å². The number of hydrogen-bond acceptors (Lipinski definition) is 1. The molecule has 0 heterocycles. The fourth-order valence-corrected chi connectivity index (χ4v) is 0.583. The Labute approximate surface area is 65.2 Å². The summed E-state index contributed by atoms with van der Waals surface area (Å²) in [6, 6.07) is 9.52. The van der Waals surface area contributed by atoms with Crippen LogP contribution < -0.4 is 0 Å². The number of rotatable bonds is 1. The van der Waals surface area contributed by atoms with E-state index < -0.39 is 0 Å². The van der Waals surface area contributed by atoms with Crippen molar-refractivity contribution in [2.45, 2.75) is 6.61 Å². The van der Waals surface area contributed by atoms with E-state index in [4.69, 9.17) is 5.11 Å². The zero-order valence-corrected chi connectivity index (χ0v) is 5.78. The van der Waals surface area contributed by atoms with Crippen LogP contribution in [0.25, 0.3) is 0 Å². The quantitative estimate of drug-likeness (QED) is 0.630. The Morgan fingerprint density at radius 2 is 1.67 bits per heavy atom. The van der Waals surface area contributed by atoms with Gasteiger partial charge in [-0.05, 0) is 5.56 Å². The molecule has 0 aromatic heterocycles. The molecule has 9 heavy (non-hydrogen) atoms. The van der Waals surface area contributed by atoms with Crippen molar-refractivity contribution in [1.29, 1.82) is 0 Å². The van der Waals surface area contributed by atoms with Crippen LogP contribution in [0, 0.1) is 0 Å². The fraction of sp³-hybridized carbons (Fsp3) is 0.143. The second-order valence-corrected chi connectivity index (χ2v) is 1.64. The molecule has 0 atom stereocenters. The van der Waals surface area contributed by atoms with E-state index in [9.17, 15) is 0 Å². The summed E-state index contributed by atoms with van der Waals surface area (Å²) in [6.45, 7) is 0.140. The first-order valence-corrected chi connectivity index (χ1v) is 2.58. The predicted octanol–water partition coefficient (Wildman–Crippen LogP) is 1.18. The average Bonchev–Trinajstić information content (AvgIpc) is 1.90. The topological polar surface area (TPSA) is 20.2 Å². The van der Waals surface area contributed by atoms with Crippen LogP contribution in [0.2, 0.25) is 0 Å². The smallest absolute Gasteiger partial charge is 0.0681 e. The summed E-state index contributed by atoms with van der Waals surface area (Å²) < 4.78 is 0. The number of aliphatic hydroxyl groups is 1. The first-order valence-electron chi connectivity index (χ1n) is 2.58. The van der Waals surface area contributed by atoms with Crippen molar-refractivity contribution in [3.8, 4) is 0 Å². The molecular formula is C7H8CuO. The monoisotopic (exact) mass is 171 g/mol. The van der Waals surface area contributed by atoms with Crippen molar-refractivity contribution in [3.05, 3.63) is 35.9 Å². The molecule has 1 nitrogen and oxygen atoms in total. The minimum atomic E-state index is 0. The molecule has 2 heteroatoms. The van der Waals surface area contributed by atoms with E-state index in [1.165, 1.54) is 0 Å². The molecular weight excluding hydrogens is 164 g/mol. The molecule has 1 radical (unpaired) electrons. The summed E-state index contributed by atoms with van der Waals surface area (Å²) in [5, 5.41) is 8.54. The van der Waals surface area contributed by atoms with Gasteiger partial charge in [0.25, 0.3) is 0 Å². The van der Waals surface area contributed by atoms with Gasteiger partial charge < -0.3 is 5.11 Å². The SMILES string of the molecule is OCc1ccccc1.[Cu]. The van der Waals surface area contributed by atoms with E-state index in [1.807, 2.05) is 30.3 Å². The molecule has 0 aliphatic carbocycles. The summed E-state index contributed by atoms with van der Waals surface area (Å²) in [4.78, 5) is 0. The van der Waals surface area contributed by atoms with E-state index in [2.05, 4.69) is 0 Å². The molecule has 0 aliphatic heterocycles. The van der Waals surface area contributed by atoms with E-state index in [-0.39, 0.29) is 23.7 Å². The molecule has 0 fully saturated rings. The summed E-state index contributed by atoms with van der Waals surface area (Å²) in [5.41, 5.74) is 0.965.